The normalized spacial score (nSPS) is 22.4. The third kappa shape index (κ3) is 4.72. The fourth-order valence-electron chi connectivity index (χ4n) is 2.07. The van der Waals surface area contributed by atoms with Gasteiger partial charge in [0.25, 0.3) is 0 Å². The van der Waals surface area contributed by atoms with Crippen molar-refractivity contribution in [1.82, 2.24) is 16.2 Å². The van der Waals surface area contributed by atoms with Crippen LogP contribution < -0.4 is 20.9 Å². The predicted molar refractivity (Wildman–Crippen MR) is 85.1 cm³/mol. The number of aliphatic hydroxyl groups is 1. The van der Waals surface area contributed by atoms with E-state index in [0.717, 1.165) is 0 Å². The molecule has 1 aromatic carbocycles. The minimum absolute atomic E-state index is 0.00703. The molecule has 1 amide bonds. The summed E-state index contributed by atoms with van der Waals surface area (Å²) in [6.45, 7) is 2.09. The zero-order chi connectivity index (χ0) is 16.1. The van der Waals surface area contributed by atoms with Gasteiger partial charge >= 0.3 is 0 Å². The van der Waals surface area contributed by atoms with Crippen LogP contribution in [0.2, 0.25) is 10.0 Å². The molecule has 0 aromatic heterocycles. The number of carbonyl (C=O) groups excluding carboxylic acids is 1. The summed E-state index contributed by atoms with van der Waals surface area (Å²) in [4.78, 5) is 11.9. The Balaban J connectivity index is 1.73. The molecule has 1 aliphatic heterocycles. The summed E-state index contributed by atoms with van der Waals surface area (Å²) in [5.74, 6) is 0.242. The van der Waals surface area contributed by atoms with Crippen LogP contribution in [0, 0.1) is 0 Å². The molecule has 0 spiro atoms. The zero-order valence-electron chi connectivity index (χ0n) is 12.1. The second-order valence-electron chi connectivity index (χ2n) is 5.24. The highest BCUT2D eigenvalue weighted by Crippen LogP contribution is 2.31. The number of amides is 1. The van der Waals surface area contributed by atoms with E-state index in [1.54, 1.807) is 18.2 Å². The van der Waals surface area contributed by atoms with Gasteiger partial charge in [0, 0.05) is 12.6 Å². The van der Waals surface area contributed by atoms with Crippen LogP contribution >= 0.6 is 23.2 Å². The highest BCUT2D eigenvalue weighted by Gasteiger charge is 2.26. The van der Waals surface area contributed by atoms with E-state index in [2.05, 4.69) is 16.2 Å². The molecule has 0 aliphatic carbocycles. The van der Waals surface area contributed by atoms with E-state index in [1.807, 2.05) is 6.92 Å². The fourth-order valence-corrected chi connectivity index (χ4v) is 2.42. The van der Waals surface area contributed by atoms with Gasteiger partial charge in [-0.1, -0.05) is 29.3 Å². The number of aliphatic hydroxyl groups excluding tert-OH is 1. The summed E-state index contributed by atoms with van der Waals surface area (Å²) in [6, 6.07) is 4.98. The molecule has 122 valence electrons. The highest BCUT2D eigenvalue weighted by atomic mass is 35.5. The van der Waals surface area contributed by atoms with Gasteiger partial charge in [0.1, 0.15) is 29.5 Å². The maximum absolute atomic E-state index is 11.9. The molecule has 1 fully saturated rings. The second kappa shape index (κ2) is 7.99. The Morgan fingerprint density at radius 2 is 2.27 bits per heavy atom. The van der Waals surface area contributed by atoms with Crippen molar-refractivity contribution in [2.75, 3.05) is 13.2 Å². The molecule has 6 nitrogen and oxygen atoms in total. The van der Waals surface area contributed by atoms with Crippen molar-refractivity contribution in [2.24, 2.45) is 0 Å². The Morgan fingerprint density at radius 1 is 1.50 bits per heavy atom. The van der Waals surface area contributed by atoms with Gasteiger partial charge in [0.2, 0.25) is 5.91 Å². The first-order valence-electron chi connectivity index (χ1n) is 7.01. The van der Waals surface area contributed by atoms with Crippen molar-refractivity contribution >= 4 is 29.1 Å². The first-order chi connectivity index (χ1) is 10.5. The quantitative estimate of drug-likeness (QED) is 0.619. The lowest BCUT2D eigenvalue weighted by atomic mass is 10.1. The lowest BCUT2D eigenvalue weighted by Gasteiger charge is -2.16. The van der Waals surface area contributed by atoms with Crippen LogP contribution in [0.25, 0.3) is 0 Å². The number of hydrogen-bond donors (Lipinski definition) is 4. The molecule has 1 aromatic rings. The molecule has 0 bridgehead atoms. The summed E-state index contributed by atoms with van der Waals surface area (Å²) >= 11 is 11.9. The van der Waals surface area contributed by atoms with E-state index < -0.39 is 6.10 Å². The smallest absolute Gasteiger partial charge is 0.238 e. The Morgan fingerprint density at radius 3 is 2.95 bits per heavy atom. The number of carbonyl (C=O) groups is 1. The van der Waals surface area contributed by atoms with Crippen LogP contribution in [-0.4, -0.2) is 42.4 Å². The molecule has 1 saturated heterocycles. The van der Waals surface area contributed by atoms with Gasteiger partial charge < -0.3 is 15.2 Å². The van der Waals surface area contributed by atoms with Crippen LogP contribution in [0.3, 0.4) is 0 Å². The maximum atomic E-state index is 11.9. The number of rotatable bonds is 6. The SMILES string of the molecule is CC1CC(C(=O)NCC(O)COc2cccc(Cl)c2Cl)NN1. The van der Waals surface area contributed by atoms with E-state index in [1.165, 1.54) is 0 Å². The van der Waals surface area contributed by atoms with Gasteiger partial charge in [0.05, 0.1) is 5.02 Å². The van der Waals surface area contributed by atoms with Crippen LogP contribution in [0.4, 0.5) is 0 Å². The van der Waals surface area contributed by atoms with Crippen molar-refractivity contribution in [3.8, 4) is 5.75 Å². The Kier molecular flexibility index (Phi) is 6.28. The number of benzene rings is 1. The Labute approximate surface area is 139 Å². The van der Waals surface area contributed by atoms with Crippen LogP contribution in [0.1, 0.15) is 13.3 Å². The van der Waals surface area contributed by atoms with Crippen LogP contribution in [-0.2, 0) is 4.79 Å². The third-order valence-electron chi connectivity index (χ3n) is 3.27. The van der Waals surface area contributed by atoms with Crippen molar-refractivity contribution in [3.63, 3.8) is 0 Å². The van der Waals surface area contributed by atoms with E-state index >= 15 is 0 Å². The molecule has 1 heterocycles. The first-order valence-corrected chi connectivity index (χ1v) is 7.76. The van der Waals surface area contributed by atoms with E-state index in [0.29, 0.717) is 22.2 Å². The van der Waals surface area contributed by atoms with E-state index in [-0.39, 0.29) is 31.1 Å². The number of ether oxygens (including phenoxy) is 1. The fraction of sp³-hybridized carbons (Fsp3) is 0.500. The largest absolute Gasteiger partial charge is 0.489 e. The average Bonchev–Trinajstić information content (AvgIpc) is 2.93. The zero-order valence-corrected chi connectivity index (χ0v) is 13.6. The Hall–Kier alpha value is -1.05. The molecule has 2 rings (SSSR count). The monoisotopic (exact) mass is 347 g/mol. The number of hydrogen-bond acceptors (Lipinski definition) is 5. The number of hydrazine groups is 1. The van der Waals surface area contributed by atoms with Crippen LogP contribution in [0.5, 0.6) is 5.75 Å². The van der Waals surface area contributed by atoms with Gasteiger partial charge in [-0.2, -0.15) is 0 Å². The molecule has 3 unspecified atom stereocenters. The lowest BCUT2D eigenvalue weighted by Crippen LogP contribution is -2.46. The van der Waals surface area contributed by atoms with E-state index in [9.17, 15) is 9.90 Å². The van der Waals surface area contributed by atoms with Crippen molar-refractivity contribution in [2.45, 2.75) is 31.5 Å². The first kappa shape index (κ1) is 17.3. The second-order valence-corrected chi connectivity index (χ2v) is 6.03. The molecule has 4 N–H and O–H groups in total. The molecule has 22 heavy (non-hydrogen) atoms. The van der Waals surface area contributed by atoms with Crippen molar-refractivity contribution in [1.29, 1.82) is 0 Å². The molecular weight excluding hydrogens is 329 g/mol. The minimum atomic E-state index is -0.842. The number of nitrogens with one attached hydrogen (secondary N) is 3. The number of halogens is 2. The predicted octanol–water partition coefficient (Wildman–Crippen LogP) is 1.10. The molecule has 1 aliphatic rings. The van der Waals surface area contributed by atoms with E-state index in [4.69, 9.17) is 27.9 Å². The topological polar surface area (TPSA) is 82.6 Å². The standard InChI is InChI=1S/C14H19Cl2N3O3/c1-8-5-11(19-18-8)14(21)17-6-9(20)7-22-12-4-2-3-10(15)13(12)16/h2-4,8-9,11,18-20H,5-7H2,1H3,(H,17,21). The highest BCUT2D eigenvalue weighted by molar-refractivity contribution is 6.42. The van der Waals surface area contributed by atoms with Gasteiger partial charge in [-0.15, -0.1) is 0 Å². The van der Waals surface area contributed by atoms with Crippen molar-refractivity contribution < 1.29 is 14.6 Å². The Bertz CT molecular complexity index is 530. The van der Waals surface area contributed by atoms with Gasteiger partial charge in [-0.05, 0) is 25.5 Å². The average molecular weight is 348 g/mol. The summed E-state index contributed by atoms with van der Waals surface area (Å²) in [5, 5.41) is 13.2. The molecular formula is C14H19Cl2N3O3. The van der Waals surface area contributed by atoms with Gasteiger partial charge in [-0.3, -0.25) is 10.2 Å². The third-order valence-corrected chi connectivity index (χ3v) is 4.07. The summed E-state index contributed by atoms with van der Waals surface area (Å²) in [7, 11) is 0. The molecule has 0 radical (unpaired) electrons. The summed E-state index contributed by atoms with van der Waals surface area (Å²) < 4.78 is 5.41. The van der Waals surface area contributed by atoms with Crippen LogP contribution in [0.15, 0.2) is 18.2 Å². The van der Waals surface area contributed by atoms with Gasteiger partial charge in [0.15, 0.2) is 0 Å². The minimum Gasteiger partial charge on any atom is -0.489 e. The summed E-state index contributed by atoms with van der Waals surface area (Å²) in [6.07, 6.45) is -0.137. The van der Waals surface area contributed by atoms with Gasteiger partial charge in [-0.25, -0.2) is 5.43 Å². The molecule has 3 atom stereocenters. The molecule has 8 heteroatoms. The lowest BCUT2D eigenvalue weighted by molar-refractivity contribution is -0.123. The maximum Gasteiger partial charge on any atom is 0.238 e. The summed E-state index contributed by atoms with van der Waals surface area (Å²) in [5.41, 5.74) is 5.87. The molecule has 0 saturated carbocycles. The van der Waals surface area contributed by atoms with Crippen molar-refractivity contribution in [3.05, 3.63) is 28.2 Å².